The minimum Gasteiger partial charge on any atom is -0.360 e. The van der Waals surface area contributed by atoms with E-state index >= 15 is 0 Å². The Balaban J connectivity index is 1.41. The van der Waals surface area contributed by atoms with E-state index in [1.54, 1.807) is 19.1 Å². The molecule has 3 heterocycles. The summed E-state index contributed by atoms with van der Waals surface area (Å²) in [5.74, 6) is 1.24. The number of aromatic nitrogens is 2. The van der Waals surface area contributed by atoms with Gasteiger partial charge in [-0.2, -0.15) is 0 Å². The first kappa shape index (κ1) is 18.1. The fraction of sp³-hybridized carbons (Fsp3) is 0.524. The highest BCUT2D eigenvalue weighted by molar-refractivity contribution is 6.12. The number of nitrogens with zero attached hydrogens (tertiary/aromatic N) is 3. The molecule has 0 spiro atoms. The quantitative estimate of drug-likeness (QED) is 0.598. The number of imide groups is 1. The molecule has 3 fully saturated rings. The van der Waals surface area contributed by atoms with E-state index in [1.807, 2.05) is 18.4 Å². The predicted molar refractivity (Wildman–Crippen MR) is 103 cm³/mol. The highest BCUT2D eigenvalue weighted by atomic mass is 16.5. The Morgan fingerprint density at radius 1 is 1.17 bits per heavy atom. The van der Waals surface area contributed by atoms with Gasteiger partial charge in [0.05, 0.1) is 6.54 Å². The van der Waals surface area contributed by atoms with Crippen molar-refractivity contribution in [2.45, 2.75) is 52.0 Å². The van der Waals surface area contributed by atoms with Gasteiger partial charge in [0.25, 0.3) is 5.91 Å². The number of Topliss-reactive ketones (excluding diaryl/α,β-unsaturated/α-hetero) is 1. The van der Waals surface area contributed by atoms with Crippen molar-refractivity contribution in [1.29, 1.82) is 0 Å². The van der Waals surface area contributed by atoms with E-state index in [9.17, 15) is 14.4 Å². The molecule has 152 valence electrons. The Kier molecular flexibility index (Phi) is 3.78. The number of rotatable bonds is 6. The normalized spacial score (nSPS) is 21.0. The van der Waals surface area contributed by atoms with Crippen LogP contribution in [-0.2, 0) is 4.79 Å². The second-order valence-corrected chi connectivity index (χ2v) is 8.58. The van der Waals surface area contributed by atoms with Crippen LogP contribution >= 0.6 is 0 Å². The van der Waals surface area contributed by atoms with Crippen molar-refractivity contribution >= 4 is 17.7 Å². The van der Waals surface area contributed by atoms with Crippen molar-refractivity contribution in [3.05, 3.63) is 34.8 Å². The maximum absolute atomic E-state index is 13.2. The second kappa shape index (κ2) is 6.05. The monoisotopic (exact) mass is 396 g/mol. The van der Waals surface area contributed by atoms with Crippen LogP contribution in [0.3, 0.4) is 0 Å². The number of aryl methyl sites for hydroxylation is 2. The molecular formula is C21H24N4O4. The second-order valence-electron chi connectivity index (χ2n) is 8.58. The van der Waals surface area contributed by atoms with Crippen LogP contribution in [-0.4, -0.2) is 44.4 Å². The summed E-state index contributed by atoms with van der Waals surface area (Å²) in [5, 5.41) is 6.99. The van der Waals surface area contributed by atoms with E-state index in [4.69, 9.17) is 4.52 Å². The topological polar surface area (TPSA) is 97.4 Å². The largest absolute Gasteiger partial charge is 0.360 e. The number of ketones is 1. The van der Waals surface area contributed by atoms with Crippen molar-refractivity contribution in [3.8, 4) is 5.82 Å². The third kappa shape index (κ3) is 2.65. The molecule has 1 saturated heterocycles. The SMILES string of the molecule is Cc1cc(-n2c(C)cc(C(=O)CN3C(=O)NC(C4CC4)(C4CC4)C3=O)c2C)no1. The molecule has 8 nitrogen and oxygen atoms in total. The van der Waals surface area contributed by atoms with Gasteiger partial charge in [0.15, 0.2) is 11.6 Å². The van der Waals surface area contributed by atoms with Gasteiger partial charge in [-0.3, -0.25) is 19.1 Å². The van der Waals surface area contributed by atoms with Gasteiger partial charge in [-0.25, -0.2) is 4.79 Å². The standard InChI is InChI=1S/C21H24N4O4/c1-11-8-16(13(3)25(11)18-9-12(2)29-23-18)17(26)10-24-19(27)21(14-4-5-14,15-6-7-15)22-20(24)28/h8-9,14-15H,4-7,10H2,1-3H3,(H,22,28). The van der Waals surface area contributed by atoms with Gasteiger partial charge in [-0.05, 0) is 64.4 Å². The molecule has 0 unspecified atom stereocenters. The van der Waals surface area contributed by atoms with Crippen LogP contribution in [0.1, 0.15) is 53.2 Å². The lowest BCUT2D eigenvalue weighted by Crippen LogP contribution is -2.51. The Morgan fingerprint density at radius 3 is 2.38 bits per heavy atom. The van der Waals surface area contributed by atoms with Gasteiger partial charge < -0.3 is 9.84 Å². The first-order valence-corrected chi connectivity index (χ1v) is 10.1. The van der Waals surface area contributed by atoms with Gasteiger partial charge in [0.2, 0.25) is 0 Å². The fourth-order valence-corrected chi connectivity index (χ4v) is 4.81. The summed E-state index contributed by atoms with van der Waals surface area (Å²) in [7, 11) is 0. The molecule has 2 aromatic rings. The lowest BCUT2D eigenvalue weighted by atomic mass is 9.87. The maximum atomic E-state index is 13.2. The Morgan fingerprint density at radius 2 is 1.83 bits per heavy atom. The number of hydrogen-bond donors (Lipinski definition) is 1. The number of amides is 3. The average Bonchev–Trinajstić information content (AvgIpc) is 3.59. The smallest absolute Gasteiger partial charge is 0.325 e. The van der Waals surface area contributed by atoms with Crippen molar-refractivity contribution in [2.24, 2.45) is 11.8 Å². The zero-order valence-electron chi connectivity index (χ0n) is 16.8. The number of hydrogen-bond acceptors (Lipinski definition) is 5. The van der Waals surface area contributed by atoms with E-state index in [1.165, 1.54) is 0 Å². The molecule has 8 heteroatoms. The highest BCUT2D eigenvalue weighted by Crippen LogP contribution is 2.54. The summed E-state index contributed by atoms with van der Waals surface area (Å²) in [6.45, 7) is 5.27. The van der Waals surface area contributed by atoms with Crippen molar-refractivity contribution in [2.75, 3.05) is 6.54 Å². The molecule has 2 saturated carbocycles. The Hall–Kier alpha value is -2.90. The minimum atomic E-state index is -0.771. The zero-order chi connectivity index (χ0) is 20.5. The lowest BCUT2D eigenvalue weighted by molar-refractivity contribution is -0.132. The van der Waals surface area contributed by atoms with E-state index in [0.29, 0.717) is 22.8 Å². The van der Waals surface area contributed by atoms with E-state index < -0.39 is 11.6 Å². The van der Waals surface area contributed by atoms with Crippen LogP contribution in [0.15, 0.2) is 16.7 Å². The zero-order valence-corrected chi connectivity index (χ0v) is 16.8. The molecular weight excluding hydrogens is 372 g/mol. The summed E-state index contributed by atoms with van der Waals surface area (Å²) >= 11 is 0. The number of nitrogens with one attached hydrogen (secondary N) is 1. The molecule has 2 aliphatic carbocycles. The first-order valence-electron chi connectivity index (χ1n) is 10.1. The summed E-state index contributed by atoms with van der Waals surface area (Å²) in [6.07, 6.45) is 3.84. The Bertz CT molecular complexity index is 1030. The maximum Gasteiger partial charge on any atom is 0.325 e. The molecule has 1 N–H and O–H groups in total. The van der Waals surface area contributed by atoms with Crippen LogP contribution in [0.5, 0.6) is 0 Å². The molecule has 29 heavy (non-hydrogen) atoms. The molecule has 3 aliphatic rings. The Labute approximate surface area is 168 Å². The summed E-state index contributed by atoms with van der Waals surface area (Å²) in [5.41, 5.74) is 1.26. The van der Waals surface area contributed by atoms with Crippen LogP contribution in [0, 0.1) is 32.6 Å². The van der Waals surface area contributed by atoms with E-state index in [2.05, 4.69) is 10.5 Å². The first-order chi connectivity index (χ1) is 13.8. The predicted octanol–water partition coefficient (Wildman–Crippen LogP) is 2.68. The number of carbonyl (C=O) groups is 3. The van der Waals surface area contributed by atoms with Crippen molar-refractivity contribution in [1.82, 2.24) is 19.9 Å². The van der Waals surface area contributed by atoms with E-state index in [-0.39, 0.29) is 30.1 Å². The molecule has 0 bridgehead atoms. The third-order valence-corrected chi connectivity index (χ3v) is 6.48. The molecule has 1 aliphatic heterocycles. The van der Waals surface area contributed by atoms with Gasteiger partial charge in [-0.1, -0.05) is 5.16 Å². The van der Waals surface area contributed by atoms with Gasteiger partial charge in [0, 0.05) is 23.0 Å². The molecule has 2 aromatic heterocycles. The molecule has 0 aromatic carbocycles. The van der Waals surface area contributed by atoms with Crippen LogP contribution < -0.4 is 5.32 Å². The van der Waals surface area contributed by atoms with Gasteiger partial charge >= 0.3 is 6.03 Å². The van der Waals surface area contributed by atoms with Crippen LogP contribution in [0.4, 0.5) is 4.79 Å². The molecule has 0 radical (unpaired) electrons. The van der Waals surface area contributed by atoms with Crippen LogP contribution in [0.2, 0.25) is 0 Å². The average molecular weight is 396 g/mol. The summed E-state index contributed by atoms with van der Waals surface area (Å²) in [4.78, 5) is 40.0. The number of carbonyl (C=O) groups excluding carboxylic acids is 3. The molecule has 5 rings (SSSR count). The summed E-state index contributed by atoms with van der Waals surface area (Å²) < 4.78 is 6.99. The van der Waals surface area contributed by atoms with E-state index in [0.717, 1.165) is 36.3 Å². The summed E-state index contributed by atoms with van der Waals surface area (Å²) in [6, 6.07) is 3.13. The lowest BCUT2D eigenvalue weighted by Gasteiger charge is -2.26. The number of urea groups is 1. The van der Waals surface area contributed by atoms with Gasteiger partial charge in [0.1, 0.15) is 11.3 Å². The van der Waals surface area contributed by atoms with Crippen molar-refractivity contribution < 1.29 is 18.9 Å². The van der Waals surface area contributed by atoms with Gasteiger partial charge in [-0.15, -0.1) is 0 Å². The van der Waals surface area contributed by atoms with Crippen LogP contribution in [0.25, 0.3) is 5.82 Å². The third-order valence-electron chi connectivity index (χ3n) is 6.48. The highest BCUT2D eigenvalue weighted by Gasteiger charge is 2.65. The molecule has 0 atom stereocenters. The van der Waals surface area contributed by atoms with Crippen molar-refractivity contribution in [3.63, 3.8) is 0 Å². The fourth-order valence-electron chi connectivity index (χ4n) is 4.81. The minimum absolute atomic E-state index is 0.215. The molecule has 3 amide bonds.